The van der Waals surface area contributed by atoms with E-state index in [9.17, 15) is 24.6 Å². The molecule has 5 N–H and O–H groups in total. The minimum atomic E-state index is -1.63. The Balaban J connectivity index is 3.13. The third-order valence-electron chi connectivity index (χ3n) is 3.71. The number of aromatic carboxylic acids is 2. The number of H-pyrrole nitrogens is 1. The van der Waals surface area contributed by atoms with Gasteiger partial charge in [0.1, 0.15) is 16.9 Å². The van der Waals surface area contributed by atoms with Gasteiger partial charge in [-0.3, -0.25) is 4.79 Å². The number of anilines is 1. The van der Waals surface area contributed by atoms with Gasteiger partial charge >= 0.3 is 11.9 Å². The number of halogens is 1. The van der Waals surface area contributed by atoms with Gasteiger partial charge in [-0.2, -0.15) is 0 Å². The van der Waals surface area contributed by atoms with Crippen LogP contribution in [-0.4, -0.2) is 48.5 Å². The van der Waals surface area contributed by atoms with Crippen molar-refractivity contribution in [3.8, 4) is 28.4 Å². The van der Waals surface area contributed by atoms with Crippen LogP contribution in [0, 0.1) is 0 Å². The fourth-order valence-corrected chi connectivity index (χ4v) is 3.27. The number of benzene rings is 1. The van der Waals surface area contributed by atoms with E-state index in [2.05, 4.69) is 15.9 Å². The summed E-state index contributed by atoms with van der Waals surface area (Å²) in [6.45, 7) is 0. The molecule has 2 aromatic rings. The molecule has 144 valence electrons. The Morgan fingerprint density at radius 3 is 2.04 bits per heavy atom. The lowest BCUT2D eigenvalue weighted by Gasteiger charge is -2.19. The normalized spacial score (nSPS) is 10.4. The van der Waals surface area contributed by atoms with Gasteiger partial charge in [-0.05, 0) is 22.0 Å². The number of pyridine rings is 1. The van der Waals surface area contributed by atoms with Crippen LogP contribution in [0.25, 0.3) is 11.1 Å². The van der Waals surface area contributed by atoms with Crippen molar-refractivity contribution in [2.45, 2.75) is 0 Å². The molecule has 0 bridgehead atoms. The fourth-order valence-electron chi connectivity index (χ4n) is 2.62. The maximum atomic E-state index is 12.2. The second-order valence-electron chi connectivity index (χ2n) is 5.11. The van der Waals surface area contributed by atoms with Gasteiger partial charge in [0.15, 0.2) is 11.5 Å². The van der Waals surface area contributed by atoms with Crippen molar-refractivity contribution in [3.63, 3.8) is 0 Å². The zero-order valence-corrected chi connectivity index (χ0v) is 16.0. The molecule has 11 heteroatoms. The first-order valence-corrected chi connectivity index (χ1v) is 7.99. The molecule has 0 spiro atoms. The number of nitrogen functional groups attached to an aromatic ring is 1. The first kappa shape index (κ1) is 20.1. The van der Waals surface area contributed by atoms with Gasteiger partial charge in [0, 0.05) is 11.1 Å². The van der Waals surface area contributed by atoms with Crippen molar-refractivity contribution < 1.29 is 34.0 Å². The summed E-state index contributed by atoms with van der Waals surface area (Å²) in [6.07, 6.45) is 0. The summed E-state index contributed by atoms with van der Waals surface area (Å²) in [5.41, 5.74) is 2.82. The van der Waals surface area contributed by atoms with E-state index in [1.807, 2.05) is 4.98 Å². The second kappa shape index (κ2) is 7.58. The van der Waals surface area contributed by atoms with Crippen molar-refractivity contribution in [2.24, 2.45) is 0 Å². The van der Waals surface area contributed by atoms with Gasteiger partial charge in [-0.15, -0.1) is 0 Å². The van der Waals surface area contributed by atoms with Crippen LogP contribution in [0.4, 0.5) is 5.82 Å². The van der Waals surface area contributed by atoms with E-state index in [1.54, 1.807) is 0 Å². The summed E-state index contributed by atoms with van der Waals surface area (Å²) in [7, 11) is 4.02. The minimum absolute atomic E-state index is 0.0112. The van der Waals surface area contributed by atoms with Crippen molar-refractivity contribution in [3.05, 3.63) is 32.0 Å². The number of ether oxygens (including phenoxy) is 3. The highest BCUT2D eigenvalue weighted by atomic mass is 79.9. The standard InChI is InChI=1S/C16H15BrN2O8/c1-25-6-4-5(10(17)12(27-3)11(6)26-2)7-8(15(21)22)13(18)19-14(20)9(7)16(23)24/h4H,1-3H3,(H,21,22)(H,23,24)(H3,18,19,20). The molecule has 1 aromatic carbocycles. The van der Waals surface area contributed by atoms with Crippen molar-refractivity contribution in [1.82, 2.24) is 4.98 Å². The Bertz CT molecular complexity index is 999. The molecule has 0 saturated carbocycles. The highest BCUT2D eigenvalue weighted by Crippen LogP contribution is 2.49. The van der Waals surface area contributed by atoms with Crippen LogP contribution in [0.3, 0.4) is 0 Å². The molecule has 0 fully saturated rings. The summed E-state index contributed by atoms with van der Waals surface area (Å²) < 4.78 is 15.9. The van der Waals surface area contributed by atoms with E-state index in [0.29, 0.717) is 0 Å². The van der Waals surface area contributed by atoms with Crippen LogP contribution in [-0.2, 0) is 0 Å². The van der Waals surface area contributed by atoms with Crippen molar-refractivity contribution in [2.75, 3.05) is 27.1 Å². The zero-order chi connectivity index (χ0) is 20.5. The van der Waals surface area contributed by atoms with E-state index in [0.717, 1.165) is 0 Å². The number of rotatable bonds is 6. The average Bonchev–Trinajstić information content (AvgIpc) is 2.59. The first-order chi connectivity index (χ1) is 12.7. The van der Waals surface area contributed by atoms with E-state index < -0.39 is 40.0 Å². The van der Waals surface area contributed by atoms with Crippen LogP contribution in [0.1, 0.15) is 20.7 Å². The molecule has 27 heavy (non-hydrogen) atoms. The van der Waals surface area contributed by atoms with Gasteiger partial charge < -0.3 is 35.1 Å². The number of carbonyl (C=O) groups is 2. The first-order valence-electron chi connectivity index (χ1n) is 7.20. The minimum Gasteiger partial charge on any atom is -0.493 e. The van der Waals surface area contributed by atoms with Crippen molar-refractivity contribution >= 4 is 33.7 Å². The van der Waals surface area contributed by atoms with E-state index in [-0.39, 0.29) is 27.3 Å². The number of methoxy groups -OCH3 is 3. The van der Waals surface area contributed by atoms with Crippen LogP contribution >= 0.6 is 15.9 Å². The molecule has 2 rings (SSSR count). The fraction of sp³-hybridized carbons (Fsp3) is 0.188. The number of carboxylic acid groups (broad SMARTS) is 2. The number of hydrogen-bond donors (Lipinski definition) is 4. The third-order valence-corrected chi connectivity index (χ3v) is 4.50. The van der Waals surface area contributed by atoms with Crippen LogP contribution in [0.15, 0.2) is 15.3 Å². The SMILES string of the molecule is COc1cc(-c2c(C(=O)O)c(N)[nH]c(=O)c2C(=O)O)c(Br)c(OC)c1OC. The maximum absolute atomic E-state index is 12.2. The van der Waals surface area contributed by atoms with E-state index in [4.69, 9.17) is 19.9 Å². The molecular weight excluding hydrogens is 428 g/mol. The Kier molecular flexibility index (Phi) is 5.64. The van der Waals surface area contributed by atoms with Gasteiger partial charge in [0.25, 0.3) is 5.56 Å². The molecule has 0 aliphatic heterocycles. The van der Waals surface area contributed by atoms with E-state index in [1.165, 1.54) is 27.4 Å². The topological polar surface area (TPSA) is 161 Å². The number of hydrogen-bond acceptors (Lipinski definition) is 7. The molecule has 0 aliphatic carbocycles. The van der Waals surface area contributed by atoms with Crippen LogP contribution in [0.5, 0.6) is 17.2 Å². The van der Waals surface area contributed by atoms with Crippen molar-refractivity contribution in [1.29, 1.82) is 0 Å². The van der Waals surface area contributed by atoms with Gasteiger partial charge in [-0.1, -0.05) is 0 Å². The summed E-state index contributed by atoms with van der Waals surface area (Å²) in [6, 6.07) is 1.32. The lowest BCUT2D eigenvalue weighted by atomic mass is 9.94. The molecule has 1 heterocycles. The molecule has 0 radical (unpaired) electrons. The summed E-state index contributed by atoms with van der Waals surface area (Å²) in [5, 5.41) is 19.0. The monoisotopic (exact) mass is 442 g/mol. The number of aromatic amines is 1. The van der Waals surface area contributed by atoms with Gasteiger partial charge in [-0.25, -0.2) is 9.59 Å². The van der Waals surface area contributed by atoms with E-state index >= 15 is 0 Å². The second-order valence-corrected chi connectivity index (χ2v) is 5.90. The Hall–Kier alpha value is -3.21. The maximum Gasteiger partial charge on any atom is 0.342 e. The largest absolute Gasteiger partial charge is 0.493 e. The number of aromatic nitrogens is 1. The number of carboxylic acids is 2. The van der Waals surface area contributed by atoms with Crippen LogP contribution in [0.2, 0.25) is 0 Å². The number of nitrogens with two attached hydrogens (primary N) is 1. The third kappa shape index (κ3) is 3.28. The smallest absolute Gasteiger partial charge is 0.342 e. The average molecular weight is 443 g/mol. The highest BCUT2D eigenvalue weighted by Gasteiger charge is 2.30. The van der Waals surface area contributed by atoms with Gasteiger partial charge in [0.2, 0.25) is 5.75 Å². The highest BCUT2D eigenvalue weighted by molar-refractivity contribution is 9.10. The van der Waals surface area contributed by atoms with Gasteiger partial charge in [0.05, 0.1) is 25.8 Å². The summed E-state index contributed by atoms with van der Waals surface area (Å²) >= 11 is 3.25. The molecule has 1 aromatic heterocycles. The van der Waals surface area contributed by atoms with Crippen LogP contribution < -0.4 is 25.5 Å². The quantitative estimate of drug-likeness (QED) is 0.522. The summed E-state index contributed by atoms with van der Waals surface area (Å²) in [5.74, 6) is -3.23. The number of nitrogens with one attached hydrogen (secondary N) is 1. The molecular formula is C16H15BrN2O8. The zero-order valence-electron chi connectivity index (χ0n) is 14.4. The lowest BCUT2D eigenvalue weighted by Crippen LogP contribution is -2.24. The predicted molar refractivity (Wildman–Crippen MR) is 98.2 cm³/mol. The Morgan fingerprint density at radius 2 is 1.59 bits per heavy atom. The molecule has 10 nitrogen and oxygen atoms in total. The molecule has 0 aliphatic rings. The lowest BCUT2D eigenvalue weighted by molar-refractivity contribution is 0.0695. The molecule has 0 atom stereocenters. The molecule has 0 unspecified atom stereocenters. The molecule has 0 amide bonds. The Morgan fingerprint density at radius 1 is 1.04 bits per heavy atom. The predicted octanol–water partition coefficient (Wildman–Crippen LogP) is 1.81. The Labute approximate surface area is 160 Å². The molecule has 0 saturated heterocycles. The summed E-state index contributed by atoms with van der Waals surface area (Å²) in [4.78, 5) is 37.7.